The van der Waals surface area contributed by atoms with E-state index in [1.165, 1.54) is 24.3 Å². The number of nitrogens with one attached hydrogen (secondary N) is 4. The monoisotopic (exact) mass is 994 g/mol. The Morgan fingerprint density at radius 1 is 0.319 bits per heavy atom. The van der Waals surface area contributed by atoms with Crippen molar-refractivity contribution in [1.82, 2.24) is 39.9 Å². The molecule has 4 N–H and O–H groups in total. The molecule has 16 bridgehead atoms. The molecule has 0 unspecified atom stereocenters. The summed E-state index contributed by atoms with van der Waals surface area (Å²) in [5, 5.41) is 0. The zero-order chi connectivity index (χ0) is 46.6. The van der Waals surface area contributed by atoms with Gasteiger partial charge in [0.05, 0.1) is 55.3 Å². The molecular weight excluding hydrogens is 962 g/mol. The molecule has 332 valence electrons. The molecule has 0 aliphatic carbocycles. The van der Waals surface area contributed by atoms with Crippen LogP contribution in [0.1, 0.15) is 45.6 Å². The summed E-state index contributed by atoms with van der Waals surface area (Å²) in [5.74, 6) is 0. The van der Waals surface area contributed by atoms with Gasteiger partial charge in [0.15, 0.2) is 0 Å². The Morgan fingerprint density at radius 3 is 0.783 bits per heavy atom. The van der Waals surface area contributed by atoms with Crippen molar-refractivity contribution in [2.45, 2.75) is 9.79 Å². The van der Waals surface area contributed by atoms with Gasteiger partial charge in [0.25, 0.3) is 0 Å². The van der Waals surface area contributed by atoms with Gasteiger partial charge in [0.1, 0.15) is 20.2 Å². The van der Waals surface area contributed by atoms with E-state index in [0.717, 1.165) is 78.0 Å². The number of hydrogen-bond donors (Lipinski definition) is 4. The summed E-state index contributed by atoms with van der Waals surface area (Å²) in [6, 6.07) is 39.6. The fraction of sp³-hybridized carbons (Fsp3) is 0. The van der Waals surface area contributed by atoms with Crippen LogP contribution in [0.2, 0.25) is 0 Å². The average molecular weight is 996 g/mol. The van der Waals surface area contributed by atoms with Crippen LogP contribution in [0, 0.1) is 0 Å². The van der Waals surface area contributed by atoms with Crippen molar-refractivity contribution in [3.63, 3.8) is 0 Å². The van der Waals surface area contributed by atoms with Crippen LogP contribution in [0.4, 0.5) is 0 Å². The topological polar surface area (TPSA) is 229 Å². The molecule has 14 nitrogen and oxygen atoms in total. The first-order valence-corrected chi connectivity index (χ1v) is 23.9. The standard InChI is InChI=1S/2C26H18N4O3S.Zn/c2*31-34(32,33)23-9-1-16(2-10-23)26-24-11-7-21(29-24)14-19-5-3-17(27-19)13-18-4-6-20(28-18)15-22-8-12-25(26)30-22;/h2*1-15,27-28H,(H,31,32,33);/q;;+2/p-2. The zero-order valence-electron chi connectivity index (χ0n) is 36.1. The smallest absolute Gasteiger partial charge is 0.744 e. The molecule has 0 amide bonds. The van der Waals surface area contributed by atoms with E-state index in [4.69, 9.17) is 19.9 Å². The van der Waals surface area contributed by atoms with E-state index < -0.39 is 20.2 Å². The number of benzene rings is 2. The van der Waals surface area contributed by atoms with Gasteiger partial charge in [-0.2, -0.15) is 0 Å². The van der Waals surface area contributed by atoms with Crippen molar-refractivity contribution in [3.05, 3.63) is 179 Å². The number of rotatable bonds is 4. The van der Waals surface area contributed by atoms with Crippen molar-refractivity contribution in [2.75, 3.05) is 0 Å². The van der Waals surface area contributed by atoms with Crippen molar-refractivity contribution >= 4 is 113 Å². The SMILES string of the molecule is O=S(=O)([O-])c1ccc(-c2c3nc(cc4ccc(cc5ccc(cc6nc2C=C6)[nH]5)[nH]4)C=C3)cc1.O=S(=O)([O-])c1ccc(-c2c3nc(cc4ccc(cc5ccc(cc6nc2C=C6)[nH]5)[nH]4)C=C3)cc1.[Zn+2]. The normalized spacial score (nSPS) is 12.7. The Morgan fingerprint density at radius 2 is 0.551 bits per heavy atom. The van der Waals surface area contributed by atoms with E-state index in [0.29, 0.717) is 33.9 Å². The van der Waals surface area contributed by atoms with E-state index in [1.807, 2.05) is 134 Å². The Bertz CT molecular complexity index is 3640. The van der Waals surface area contributed by atoms with E-state index in [2.05, 4.69) is 19.9 Å². The van der Waals surface area contributed by atoms with Crippen LogP contribution in [-0.2, 0) is 39.7 Å². The number of aromatic amines is 4. The van der Waals surface area contributed by atoms with Gasteiger partial charge in [0.2, 0.25) is 0 Å². The van der Waals surface area contributed by atoms with Crippen molar-refractivity contribution in [3.8, 4) is 22.3 Å². The summed E-state index contributed by atoms with van der Waals surface area (Å²) in [5.41, 5.74) is 16.3. The molecule has 6 aromatic heterocycles. The van der Waals surface area contributed by atoms with Gasteiger partial charge in [-0.3, -0.25) is 0 Å². The average Bonchev–Trinajstić information content (AvgIpc) is 4.16. The Hall–Kier alpha value is -7.92. The van der Waals surface area contributed by atoms with Gasteiger partial charge in [-0.25, -0.2) is 36.8 Å². The van der Waals surface area contributed by atoms with E-state index >= 15 is 0 Å². The largest absolute Gasteiger partial charge is 2.00 e. The third-order valence-corrected chi connectivity index (χ3v) is 13.0. The fourth-order valence-corrected chi connectivity index (χ4v) is 9.12. The summed E-state index contributed by atoms with van der Waals surface area (Å²) in [4.78, 5) is 32.1. The summed E-state index contributed by atoms with van der Waals surface area (Å²) in [6.45, 7) is 0. The fourth-order valence-electron chi connectivity index (χ4n) is 8.18. The van der Waals surface area contributed by atoms with Crippen LogP contribution in [0.5, 0.6) is 0 Å². The van der Waals surface area contributed by atoms with Crippen molar-refractivity contribution in [1.29, 1.82) is 0 Å². The first-order chi connectivity index (χ1) is 32.8. The molecule has 0 saturated carbocycles. The molecular formula is C52H34N8O6S2Zn. The molecule has 4 aliphatic heterocycles. The summed E-state index contributed by atoms with van der Waals surface area (Å²) >= 11 is 0. The molecule has 8 aromatic rings. The quantitative estimate of drug-likeness (QED) is 0.0963. The molecule has 17 heteroatoms. The molecule has 0 saturated heterocycles. The predicted molar refractivity (Wildman–Crippen MR) is 265 cm³/mol. The van der Waals surface area contributed by atoms with E-state index in [1.54, 1.807) is 24.3 Å². The molecule has 12 rings (SSSR count). The second-order valence-electron chi connectivity index (χ2n) is 16.1. The predicted octanol–water partition coefficient (Wildman–Crippen LogP) is 10.5. The molecule has 4 aliphatic rings. The first-order valence-electron chi connectivity index (χ1n) is 21.1. The summed E-state index contributed by atoms with van der Waals surface area (Å²) in [6.07, 6.45) is 15.3. The maximum absolute atomic E-state index is 11.4. The van der Waals surface area contributed by atoms with Crippen molar-refractivity contribution in [2.24, 2.45) is 0 Å². The van der Waals surface area contributed by atoms with E-state index in [-0.39, 0.29) is 29.3 Å². The molecule has 0 fully saturated rings. The number of H-pyrrole nitrogens is 4. The number of nitrogens with zero attached hydrogens (tertiary/aromatic N) is 4. The Labute approximate surface area is 406 Å². The second kappa shape index (κ2) is 18.0. The van der Waals surface area contributed by atoms with Gasteiger partial charge in [-0.1, -0.05) is 24.3 Å². The molecule has 69 heavy (non-hydrogen) atoms. The van der Waals surface area contributed by atoms with Gasteiger partial charge in [-0.05, 0) is 169 Å². The third kappa shape index (κ3) is 9.76. The van der Waals surface area contributed by atoms with Crippen LogP contribution in [-0.4, -0.2) is 65.8 Å². The van der Waals surface area contributed by atoms with Gasteiger partial charge >= 0.3 is 19.5 Å². The minimum absolute atomic E-state index is 0. The number of hydrogen-bond acceptors (Lipinski definition) is 10. The molecule has 0 radical (unpaired) electrons. The second-order valence-corrected chi connectivity index (χ2v) is 18.8. The minimum atomic E-state index is -4.53. The number of fused-ring (bicyclic) bond motifs is 16. The van der Waals surface area contributed by atoms with Crippen LogP contribution in [0.15, 0.2) is 143 Å². The minimum Gasteiger partial charge on any atom is -0.744 e. The maximum Gasteiger partial charge on any atom is 2.00 e. The molecule has 0 atom stereocenters. The Balaban J connectivity index is 0.000000158. The van der Waals surface area contributed by atoms with E-state index in [9.17, 15) is 25.9 Å². The van der Waals surface area contributed by atoms with Crippen LogP contribution in [0.25, 0.3) is 115 Å². The van der Waals surface area contributed by atoms with Crippen LogP contribution < -0.4 is 0 Å². The zero-order valence-corrected chi connectivity index (χ0v) is 40.7. The third-order valence-electron chi connectivity index (χ3n) is 11.3. The summed E-state index contributed by atoms with van der Waals surface area (Å²) in [7, 11) is -9.07. The Kier molecular flexibility index (Phi) is 11.7. The van der Waals surface area contributed by atoms with Crippen molar-refractivity contribution < 1.29 is 45.4 Å². The van der Waals surface area contributed by atoms with Crippen LogP contribution in [0.3, 0.4) is 0 Å². The van der Waals surface area contributed by atoms with Crippen LogP contribution >= 0.6 is 0 Å². The van der Waals surface area contributed by atoms with Gasteiger partial charge < -0.3 is 29.0 Å². The maximum atomic E-state index is 11.4. The first kappa shape index (κ1) is 44.9. The summed E-state index contributed by atoms with van der Waals surface area (Å²) < 4.78 is 68.3. The molecule has 0 spiro atoms. The van der Waals surface area contributed by atoms with Gasteiger partial charge in [0, 0.05) is 55.3 Å². The molecule has 2 aromatic carbocycles. The molecule has 10 heterocycles. The van der Waals surface area contributed by atoms with Gasteiger partial charge in [-0.15, -0.1) is 0 Å². The number of aromatic nitrogens is 8.